The SMILES string of the molecule is CCCCCNC(=O)C(C)Nc1ccc(OCc2cccc(C#N)c2)cc1. The first-order chi connectivity index (χ1) is 13.1. The molecule has 2 aromatic carbocycles. The summed E-state index contributed by atoms with van der Waals surface area (Å²) in [6.07, 6.45) is 3.28. The van der Waals surface area contributed by atoms with Gasteiger partial charge in [0.2, 0.25) is 5.91 Å². The van der Waals surface area contributed by atoms with Crippen LogP contribution >= 0.6 is 0 Å². The highest BCUT2D eigenvalue weighted by molar-refractivity contribution is 5.84. The number of carbonyl (C=O) groups excluding carboxylic acids is 1. The Kier molecular flexibility index (Phi) is 8.18. The molecule has 0 fully saturated rings. The molecule has 0 radical (unpaired) electrons. The molecule has 0 saturated carbocycles. The third kappa shape index (κ3) is 7.02. The number of nitrogens with zero attached hydrogens (tertiary/aromatic N) is 1. The molecule has 5 heteroatoms. The van der Waals surface area contributed by atoms with Crippen molar-refractivity contribution in [1.82, 2.24) is 5.32 Å². The lowest BCUT2D eigenvalue weighted by Gasteiger charge is -2.15. The smallest absolute Gasteiger partial charge is 0.242 e. The Labute approximate surface area is 161 Å². The van der Waals surface area contributed by atoms with Gasteiger partial charge in [-0.25, -0.2) is 0 Å². The molecule has 1 atom stereocenters. The summed E-state index contributed by atoms with van der Waals surface area (Å²) in [6.45, 7) is 5.11. The van der Waals surface area contributed by atoms with E-state index in [1.807, 2.05) is 49.4 Å². The van der Waals surface area contributed by atoms with Crippen LogP contribution in [0.3, 0.4) is 0 Å². The molecule has 2 rings (SSSR count). The van der Waals surface area contributed by atoms with Gasteiger partial charge in [0.25, 0.3) is 0 Å². The van der Waals surface area contributed by atoms with Crippen LogP contribution in [-0.2, 0) is 11.4 Å². The number of benzene rings is 2. The lowest BCUT2D eigenvalue weighted by Crippen LogP contribution is -2.37. The quantitative estimate of drug-likeness (QED) is 0.618. The summed E-state index contributed by atoms with van der Waals surface area (Å²) in [6, 6.07) is 16.7. The molecule has 0 heterocycles. The monoisotopic (exact) mass is 365 g/mol. The van der Waals surface area contributed by atoms with Crippen LogP contribution in [0.15, 0.2) is 48.5 Å². The van der Waals surface area contributed by atoms with Gasteiger partial charge in [-0.1, -0.05) is 31.9 Å². The molecule has 5 nitrogen and oxygen atoms in total. The third-order valence-electron chi connectivity index (χ3n) is 4.17. The summed E-state index contributed by atoms with van der Waals surface area (Å²) in [7, 11) is 0. The van der Waals surface area contributed by atoms with E-state index in [9.17, 15) is 4.79 Å². The van der Waals surface area contributed by atoms with Gasteiger partial charge in [-0.3, -0.25) is 4.79 Å². The summed E-state index contributed by atoms with van der Waals surface area (Å²) in [4.78, 5) is 12.1. The molecule has 0 aliphatic carbocycles. The molecular formula is C22H27N3O2. The van der Waals surface area contributed by atoms with Crippen LogP contribution in [0.4, 0.5) is 5.69 Å². The Bertz CT molecular complexity index is 766. The molecule has 0 spiro atoms. The zero-order chi connectivity index (χ0) is 19.5. The number of nitrogens with one attached hydrogen (secondary N) is 2. The zero-order valence-corrected chi connectivity index (χ0v) is 16.0. The Morgan fingerprint density at radius 1 is 1.19 bits per heavy atom. The lowest BCUT2D eigenvalue weighted by atomic mass is 10.1. The molecule has 0 aliphatic rings. The zero-order valence-electron chi connectivity index (χ0n) is 16.0. The summed E-state index contributed by atoms with van der Waals surface area (Å²) in [5.74, 6) is 0.739. The molecule has 27 heavy (non-hydrogen) atoms. The molecule has 2 N–H and O–H groups in total. The van der Waals surface area contributed by atoms with Crippen LogP contribution in [0.25, 0.3) is 0 Å². The molecule has 2 aromatic rings. The number of anilines is 1. The minimum Gasteiger partial charge on any atom is -0.489 e. The van der Waals surface area contributed by atoms with Crippen molar-refractivity contribution in [2.75, 3.05) is 11.9 Å². The highest BCUT2D eigenvalue weighted by atomic mass is 16.5. The van der Waals surface area contributed by atoms with E-state index >= 15 is 0 Å². The van der Waals surface area contributed by atoms with E-state index in [4.69, 9.17) is 10.00 Å². The first kappa shape index (κ1) is 20.3. The Morgan fingerprint density at radius 3 is 2.67 bits per heavy atom. The maximum absolute atomic E-state index is 12.1. The molecular weight excluding hydrogens is 338 g/mol. The minimum absolute atomic E-state index is 0.00352. The number of unbranched alkanes of at least 4 members (excludes halogenated alkanes) is 2. The second-order valence-corrected chi connectivity index (χ2v) is 6.49. The number of rotatable bonds is 10. The van der Waals surface area contributed by atoms with Gasteiger partial charge < -0.3 is 15.4 Å². The van der Waals surface area contributed by atoms with Crippen molar-refractivity contribution < 1.29 is 9.53 Å². The number of nitriles is 1. The highest BCUT2D eigenvalue weighted by Crippen LogP contribution is 2.18. The van der Waals surface area contributed by atoms with Crippen LogP contribution in [-0.4, -0.2) is 18.5 Å². The van der Waals surface area contributed by atoms with E-state index < -0.39 is 0 Å². The van der Waals surface area contributed by atoms with Crippen molar-refractivity contribution in [3.05, 3.63) is 59.7 Å². The minimum atomic E-state index is -0.299. The Balaban J connectivity index is 1.80. The van der Waals surface area contributed by atoms with Gasteiger partial charge in [-0.15, -0.1) is 0 Å². The topological polar surface area (TPSA) is 74.2 Å². The number of hydrogen-bond acceptors (Lipinski definition) is 4. The summed E-state index contributed by atoms with van der Waals surface area (Å²) < 4.78 is 5.76. The van der Waals surface area contributed by atoms with E-state index in [1.54, 1.807) is 6.07 Å². The van der Waals surface area contributed by atoms with E-state index in [2.05, 4.69) is 23.6 Å². The molecule has 1 unspecified atom stereocenters. The molecule has 0 aromatic heterocycles. The van der Waals surface area contributed by atoms with Crippen molar-refractivity contribution in [3.8, 4) is 11.8 Å². The van der Waals surface area contributed by atoms with E-state index in [-0.39, 0.29) is 11.9 Å². The van der Waals surface area contributed by atoms with Gasteiger partial charge in [-0.2, -0.15) is 5.26 Å². The van der Waals surface area contributed by atoms with Crippen LogP contribution in [0.2, 0.25) is 0 Å². The van der Waals surface area contributed by atoms with Crippen LogP contribution < -0.4 is 15.4 Å². The van der Waals surface area contributed by atoms with Crippen molar-refractivity contribution >= 4 is 11.6 Å². The van der Waals surface area contributed by atoms with E-state index in [1.165, 1.54) is 0 Å². The van der Waals surface area contributed by atoms with Gasteiger partial charge in [0.1, 0.15) is 18.4 Å². The van der Waals surface area contributed by atoms with Gasteiger partial charge in [0, 0.05) is 12.2 Å². The second kappa shape index (κ2) is 10.9. The van der Waals surface area contributed by atoms with Crippen LogP contribution in [0.1, 0.15) is 44.2 Å². The van der Waals surface area contributed by atoms with Gasteiger partial charge >= 0.3 is 0 Å². The van der Waals surface area contributed by atoms with Crippen molar-refractivity contribution in [2.24, 2.45) is 0 Å². The first-order valence-corrected chi connectivity index (χ1v) is 9.38. The van der Waals surface area contributed by atoms with Crippen molar-refractivity contribution in [1.29, 1.82) is 5.26 Å². The fourth-order valence-corrected chi connectivity index (χ4v) is 2.60. The fourth-order valence-electron chi connectivity index (χ4n) is 2.60. The van der Waals surface area contributed by atoms with Crippen molar-refractivity contribution in [3.63, 3.8) is 0 Å². The fraction of sp³-hybridized carbons (Fsp3) is 0.364. The summed E-state index contributed by atoms with van der Waals surface area (Å²) in [5.41, 5.74) is 2.44. The standard InChI is InChI=1S/C22H27N3O2/c1-3-4-5-13-24-22(26)17(2)25-20-9-11-21(12-10-20)27-16-19-8-6-7-18(14-19)15-23/h6-12,14,17,25H,3-5,13,16H2,1-2H3,(H,24,26). The Hall–Kier alpha value is -3.00. The van der Waals surface area contributed by atoms with Crippen LogP contribution in [0.5, 0.6) is 5.75 Å². The van der Waals surface area contributed by atoms with E-state index in [0.717, 1.165) is 42.8 Å². The number of carbonyl (C=O) groups is 1. The molecule has 1 amide bonds. The van der Waals surface area contributed by atoms with E-state index in [0.29, 0.717) is 12.2 Å². The Morgan fingerprint density at radius 2 is 1.96 bits per heavy atom. The van der Waals surface area contributed by atoms with Gasteiger partial charge in [-0.05, 0) is 55.3 Å². The second-order valence-electron chi connectivity index (χ2n) is 6.49. The maximum Gasteiger partial charge on any atom is 0.242 e. The summed E-state index contributed by atoms with van der Waals surface area (Å²) >= 11 is 0. The molecule has 0 aliphatic heterocycles. The lowest BCUT2D eigenvalue weighted by molar-refractivity contribution is -0.121. The largest absolute Gasteiger partial charge is 0.489 e. The third-order valence-corrected chi connectivity index (χ3v) is 4.17. The normalized spacial score (nSPS) is 11.3. The number of hydrogen-bond donors (Lipinski definition) is 2. The first-order valence-electron chi connectivity index (χ1n) is 9.38. The molecule has 142 valence electrons. The highest BCUT2D eigenvalue weighted by Gasteiger charge is 2.11. The average molecular weight is 365 g/mol. The predicted octanol–water partition coefficient (Wildman–Crippen LogP) is 4.24. The van der Waals surface area contributed by atoms with Crippen molar-refractivity contribution in [2.45, 2.75) is 45.8 Å². The molecule has 0 bridgehead atoms. The molecule has 0 saturated heterocycles. The van der Waals surface area contributed by atoms with Gasteiger partial charge in [0.15, 0.2) is 0 Å². The van der Waals surface area contributed by atoms with Gasteiger partial charge in [0.05, 0.1) is 11.6 Å². The maximum atomic E-state index is 12.1. The number of amides is 1. The number of ether oxygens (including phenoxy) is 1. The average Bonchev–Trinajstić information content (AvgIpc) is 2.70. The predicted molar refractivity (Wildman–Crippen MR) is 108 cm³/mol. The summed E-state index contributed by atoms with van der Waals surface area (Å²) in [5, 5.41) is 15.1. The van der Waals surface area contributed by atoms with Crippen LogP contribution in [0, 0.1) is 11.3 Å².